The van der Waals surface area contributed by atoms with Crippen LogP contribution in [-0.2, 0) is 6.54 Å². The van der Waals surface area contributed by atoms with Crippen molar-refractivity contribution in [2.75, 3.05) is 11.5 Å². The van der Waals surface area contributed by atoms with Crippen molar-refractivity contribution in [3.8, 4) is 6.07 Å². The van der Waals surface area contributed by atoms with Gasteiger partial charge in [-0.1, -0.05) is 19.1 Å². The molecule has 1 atom stereocenters. The molecular weight excluding hydrogens is 216 g/mol. The lowest BCUT2D eigenvalue weighted by Gasteiger charge is -2.12. The summed E-state index contributed by atoms with van der Waals surface area (Å²) in [7, 11) is 0. The number of nitriles is 1. The molecule has 0 aliphatic carbocycles. The van der Waals surface area contributed by atoms with E-state index in [1.54, 1.807) is 0 Å². The largest absolute Gasteiger partial charge is 0.309 e. The van der Waals surface area contributed by atoms with Crippen LogP contribution >= 0.6 is 11.8 Å². The van der Waals surface area contributed by atoms with Gasteiger partial charge in [0.2, 0.25) is 0 Å². The van der Waals surface area contributed by atoms with Gasteiger partial charge < -0.3 is 5.32 Å². The third kappa shape index (κ3) is 4.69. The Kier molecular flexibility index (Phi) is 5.99. The maximum absolute atomic E-state index is 8.78. The average Bonchev–Trinajstić information content (AvgIpc) is 2.34. The van der Waals surface area contributed by atoms with Gasteiger partial charge in [-0.15, -0.1) is 0 Å². The van der Waals surface area contributed by atoms with E-state index < -0.39 is 0 Å². The van der Waals surface area contributed by atoms with Crippen LogP contribution in [0.1, 0.15) is 25.0 Å². The van der Waals surface area contributed by atoms with Gasteiger partial charge in [-0.25, -0.2) is 0 Å². The van der Waals surface area contributed by atoms with Crippen molar-refractivity contribution >= 4 is 11.8 Å². The molecule has 0 fully saturated rings. The van der Waals surface area contributed by atoms with Gasteiger partial charge in [0, 0.05) is 18.3 Å². The second kappa shape index (κ2) is 7.32. The van der Waals surface area contributed by atoms with E-state index in [4.69, 9.17) is 5.26 Å². The Hall–Kier alpha value is -0.980. The molecule has 0 amide bonds. The predicted octanol–water partition coefficient (Wildman–Crippen LogP) is 2.79. The standard InChI is InChI=1S/C13H18N2S/c1-3-16-10-11(2)15-9-13-6-4-5-12(7-13)8-14/h4-7,11,15H,3,9-10H2,1-2H3. The molecular formula is C13H18N2S. The van der Waals surface area contributed by atoms with Gasteiger partial charge in [-0.2, -0.15) is 17.0 Å². The van der Waals surface area contributed by atoms with Crippen molar-refractivity contribution in [2.24, 2.45) is 0 Å². The van der Waals surface area contributed by atoms with Crippen molar-refractivity contribution in [1.82, 2.24) is 5.32 Å². The summed E-state index contributed by atoms with van der Waals surface area (Å²) in [6, 6.07) is 10.4. The Bertz CT molecular complexity index is 357. The summed E-state index contributed by atoms with van der Waals surface area (Å²) in [6.45, 7) is 5.20. The van der Waals surface area contributed by atoms with E-state index in [0.29, 0.717) is 6.04 Å². The maximum Gasteiger partial charge on any atom is 0.0991 e. The molecule has 0 saturated carbocycles. The Morgan fingerprint density at radius 3 is 3.00 bits per heavy atom. The van der Waals surface area contributed by atoms with Gasteiger partial charge >= 0.3 is 0 Å². The molecule has 0 aliphatic heterocycles. The molecule has 1 rings (SSSR count). The fraction of sp³-hybridized carbons (Fsp3) is 0.462. The third-order valence-electron chi connectivity index (χ3n) is 2.28. The van der Waals surface area contributed by atoms with Gasteiger partial charge in [0.05, 0.1) is 11.6 Å². The summed E-state index contributed by atoms with van der Waals surface area (Å²) >= 11 is 1.94. The minimum absolute atomic E-state index is 0.510. The second-order valence-electron chi connectivity index (χ2n) is 3.75. The lowest BCUT2D eigenvalue weighted by Crippen LogP contribution is -2.27. The molecule has 1 unspecified atom stereocenters. The summed E-state index contributed by atoms with van der Waals surface area (Å²) in [5.41, 5.74) is 1.90. The average molecular weight is 234 g/mol. The molecule has 0 aliphatic rings. The molecule has 0 saturated heterocycles. The van der Waals surface area contributed by atoms with Crippen LogP contribution in [0.4, 0.5) is 0 Å². The lowest BCUT2D eigenvalue weighted by atomic mass is 10.1. The van der Waals surface area contributed by atoms with Crippen LogP contribution in [0.3, 0.4) is 0 Å². The number of hydrogen-bond acceptors (Lipinski definition) is 3. The quantitative estimate of drug-likeness (QED) is 0.822. The van der Waals surface area contributed by atoms with Crippen LogP contribution in [-0.4, -0.2) is 17.5 Å². The van der Waals surface area contributed by atoms with Gasteiger partial charge in [0.1, 0.15) is 0 Å². The van der Waals surface area contributed by atoms with Gasteiger partial charge in [0.25, 0.3) is 0 Å². The number of rotatable bonds is 6. The predicted molar refractivity (Wildman–Crippen MR) is 70.5 cm³/mol. The molecule has 16 heavy (non-hydrogen) atoms. The van der Waals surface area contributed by atoms with Crippen molar-refractivity contribution in [3.05, 3.63) is 35.4 Å². The van der Waals surface area contributed by atoms with E-state index in [1.807, 2.05) is 36.0 Å². The maximum atomic E-state index is 8.78. The topological polar surface area (TPSA) is 35.8 Å². The number of benzene rings is 1. The Morgan fingerprint density at radius 2 is 2.31 bits per heavy atom. The molecule has 2 nitrogen and oxygen atoms in total. The highest BCUT2D eigenvalue weighted by atomic mass is 32.2. The molecule has 0 spiro atoms. The highest BCUT2D eigenvalue weighted by molar-refractivity contribution is 7.99. The van der Waals surface area contributed by atoms with E-state index in [1.165, 1.54) is 5.56 Å². The molecule has 3 heteroatoms. The van der Waals surface area contributed by atoms with Crippen LogP contribution in [0.2, 0.25) is 0 Å². The monoisotopic (exact) mass is 234 g/mol. The van der Waals surface area contributed by atoms with Gasteiger partial charge in [-0.3, -0.25) is 0 Å². The molecule has 0 aromatic heterocycles. The summed E-state index contributed by atoms with van der Waals surface area (Å²) in [5, 5.41) is 12.2. The zero-order chi connectivity index (χ0) is 11.8. The number of thioether (sulfide) groups is 1. The fourth-order valence-corrected chi connectivity index (χ4v) is 2.10. The molecule has 0 radical (unpaired) electrons. The van der Waals surface area contributed by atoms with E-state index in [0.717, 1.165) is 23.6 Å². The third-order valence-corrected chi connectivity index (χ3v) is 3.43. The van der Waals surface area contributed by atoms with E-state index in [9.17, 15) is 0 Å². The summed E-state index contributed by atoms with van der Waals surface area (Å²) in [4.78, 5) is 0. The molecule has 1 N–H and O–H groups in total. The first kappa shape index (κ1) is 13.1. The minimum Gasteiger partial charge on any atom is -0.309 e. The molecule has 1 aromatic rings. The van der Waals surface area contributed by atoms with Crippen molar-refractivity contribution in [2.45, 2.75) is 26.4 Å². The van der Waals surface area contributed by atoms with Crippen molar-refractivity contribution < 1.29 is 0 Å². The Balaban J connectivity index is 2.39. The smallest absolute Gasteiger partial charge is 0.0991 e. The van der Waals surface area contributed by atoms with Gasteiger partial charge in [0.15, 0.2) is 0 Å². The highest BCUT2D eigenvalue weighted by Gasteiger charge is 2.01. The zero-order valence-corrected chi connectivity index (χ0v) is 10.7. The number of nitrogens with one attached hydrogen (secondary N) is 1. The number of nitrogens with zero attached hydrogens (tertiary/aromatic N) is 1. The fourth-order valence-electron chi connectivity index (χ4n) is 1.40. The highest BCUT2D eigenvalue weighted by Crippen LogP contribution is 2.06. The molecule has 0 heterocycles. The molecule has 0 bridgehead atoms. The van der Waals surface area contributed by atoms with Crippen molar-refractivity contribution in [1.29, 1.82) is 5.26 Å². The second-order valence-corrected chi connectivity index (χ2v) is 5.07. The normalized spacial score (nSPS) is 12.1. The Labute approximate surface area is 102 Å². The first-order chi connectivity index (χ1) is 7.76. The zero-order valence-electron chi connectivity index (χ0n) is 9.86. The van der Waals surface area contributed by atoms with Crippen LogP contribution in [0.15, 0.2) is 24.3 Å². The van der Waals surface area contributed by atoms with Gasteiger partial charge in [-0.05, 0) is 30.4 Å². The van der Waals surface area contributed by atoms with E-state index in [2.05, 4.69) is 25.2 Å². The van der Waals surface area contributed by atoms with Crippen LogP contribution in [0, 0.1) is 11.3 Å². The molecule has 86 valence electrons. The SMILES string of the molecule is CCSCC(C)NCc1cccc(C#N)c1. The minimum atomic E-state index is 0.510. The first-order valence-corrected chi connectivity index (χ1v) is 6.72. The van der Waals surface area contributed by atoms with Crippen LogP contribution in [0.25, 0.3) is 0 Å². The Morgan fingerprint density at radius 1 is 1.50 bits per heavy atom. The van der Waals surface area contributed by atoms with E-state index >= 15 is 0 Å². The molecule has 1 aromatic carbocycles. The van der Waals surface area contributed by atoms with Crippen LogP contribution < -0.4 is 5.32 Å². The lowest BCUT2D eigenvalue weighted by molar-refractivity contribution is 0.596. The summed E-state index contributed by atoms with van der Waals surface area (Å²) in [6.07, 6.45) is 0. The first-order valence-electron chi connectivity index (χ1n) is 5.56. The van der Waals surface area contributed by atoms with Crippen LogP contribution in [0.5, 0.6) is 0 Å². The summed E-state index contributed by atoms with van der Waals surface area (Å²) in [5.74, 6) is 2.30. The number of hydrogen-bond donors (Lipinski definition) is 1. The summed E-state index contributed by atoms with van der Waals surface area (Å²) < 4.78 is 0. The van der Waals surface area contributed by atoms with Crippen molar-refractivity contribution in [3.63, 3.8) is 0 Å². The van der Waals surface area contributed by atoms with E-state index in [-0.39, 0.29) is 0 Å².